The molecule has 0 fully saturated rings. The van der Waals surface area contributed by atoms with Gasteiger partial charge in [-0.1, -0.05) is 40.9 Å². The molecule has 2 aromatic carbocycles. The predicted molar refractivity (Wildman–Crippen MR) is 134 cm³/mol. The van der Waals surface area contributed by atoms with Crippen molar-refractivity contribution < 1.29 is 39.2 Å². The fourth-order valence-electron chi connectivity index (χ4n) is 3.16. The van der Waals surface area contributed by atoms with Crippen LogP contribution in [0.15, 0.2) is 41.5 Å². The Morgan fingerprint density at radius 3 is 1.95 bits per heavy atom. The molecule has 0 spiro atoms. The molecule has 2 rings (SSSR count). The number of hydrogen-bond acceptors (Lipinski definition) is 4. The highest BCUT2D eigenvalue weighted by molar-refractivity contribution is 7.89. The van der Waals surface area contributed by atoms with Crippen molar-refractivity contribution in [2.75, 3.05) is 12.8 Å². The van der Waals surface area contributed by atoms with E-state index >= 15 is 0 Å². The van der Waals surface area contributed by atoms with Crippen LogP contribution < -0.4 is 5.73 Å². The lowest BCUT2D eigenvalue weighted by Gasteiger charge is -2.30. The lowest BCUT2D eigenvalue weighted by atomic mass is 9.94. The molecule has 2 N–H and O–H groups in total. The van der Waals surface area contributed by atoms with E-state index in [0.717, 1.165) is 16.7 Å². The molecule has 0 aliphatic rings. The minimum atomic E-state index is -6.35. The molecule has 0 unspecified atom stereocenters. The molecule has 0 aliphatic carbocycles. The number of hydrogen-bond donors (Lipinski definition) is 1. The van der Waals surface area contributed by atoms with Crippen LogP contribution in [-0.2, 0) is 22.2 Å². The molecule has 0 aliphatic heterocycles. The summed E-state index contributed by atoms with van der Waals surface area (Å²) in [4.78, 5) is 3.90. The van der Waals surface area contributed by atoms with E-state index in [1.807, 2.05) is 0 Å². The third-order valence-electron chi connectivity index (χ3n) is 5.32. The monoisotopic (exact) mass is 627 g/mol. The zero-order chi connectivity index (χ0) is 29.3. The average molecular weight is 629 g/mol. The van der Waals surface area contributed by atoms with Crippen molar-refractivity contribution in [3.05, 3.63) is 68.3 Å². The van der Waals surface area contributed by atoms with Gasteiger partial charge < -0.3 is 5.73 Å². The van der Waals surface area contributed by atoms with Crippen LogP contribution in [0.5, 0.6) is 0 Å². The molecule has 0 bridgehead atoms. The number of nitrogens with two attached hydrogens (primary N) is 1. The topological polar surface area (TPSA) is 75.8 Å². The molecular formula is C22H19Cl3F7N3O2S. The summed E-state index contributed by atoms with van der Waals surface area (Å²) in [5, 5.41) is -1.34. The summed E-state index contributed by atoms with van der Waals surface area (Å²) >= 11 is 17.9. The van der Waals surface area contributed by atoms with Crippen molar-refractivity contribution in [3.8, 4) is 0 Å². The second-order valence-electron chi connectivity index (χ2n) is 7.79. The Labute approximate surface area is 228 Å². The maximum absolute atomic E-state index is 14.4. The molecule has 0 aromatic heterocycles. The summed E-state index contributed by atoms with van der Waals surface area (Å²) in [6.07, 6.45) is -10.6. The Bertz CT molecular complexity index is 1320. The second-order valence-corrected chi connectivity index (χ2v) is 11.4. The van der Waals surface area contributed by atoms with Crippen molar-refractivity contribution in [1.29, 1.82) is 0 Å². The highest BCUT2D eigenvalue weighted by Gasteiger charge is 2.73. The van der Waals surface area contributed by atoms with Gasteiger partial charge in [0.15, 0.2) is 0 Å². The van der Waals surface area contributed by atoms with Crippen LogP contribution >= 0.6 is 34.8 Å². The number of aliphatic imine (C=N–C) groups is 1. The van der Waals surface area contributed by atoms with Gasteiger partial charge in [0.25, 0.3) is 0 Å². The van der Waals surface area contributed by atoms with Gasteiger partial charge in [-0.15, -0.1) is 0 Å². The molecule has 16 heteroatoms. The van der Waals surface area contributed by atoms with Crippen molar-refractivity contribution in [3.63, 3.8) is 0 Å². The van der Waals surface area contributed by atoms with Crippen LogP contribution in [0.4, 0.5) is 36.4 Å². The van der Waals surface area contributed by atoms with Crippen molar-refractivity contribution in [2.24, 2.45) is 10.7 Å². The third-order valence-corrected chi connectivity index (χ3v) is 8.07. The van der Waals surface area contributed by atoms with Gasteiger partial charge in [-0.3, -0.25) is 4.99 Å². The van der Waals surface area contributed by atoms with Crippen molar-refractivity contribution >= 4 is 62.3 Å². The summed E-state index contributed by atoms with van der Waals surface area (Å²) < 4.78 is 118. The Balaban J connectivity index is 2.48. The van der Waals surface area contributed by atoms with Gasteiger partial charge in [0, 0.05) is 42.2 Å². The number of halogens is 10. The molecule has 38 heavy (non-hydrogen) atoms. The lowest BCUT2D eigenvalue weighted by Crippen LogP contribution is -2.50. The zero-order valence-corrected chi connectivity index (χ0v) is 22.5. The number of sulfonamides is 1. The number of nitrogens with zero attached hydrogens (tertiary/aromatic N) is 2. The summed E-state index contributed by atoms with van der Waals surface area (Å²) in [7, 11) is -2.17. The molecule has 0 atom stereocenters. The molecule has 0 saturated heterocycles. The largest absolute Gasteiger partial charge is 0.435 e. The quantitative estimate of drug-likeness (QED) is 0.244. The van der Waals surface area contributed by atoms with Crippen LogP contribution in [0.2, 0.25) is 15.1 Å². The van der Waals surface area contributed by atoms with Gasteiger partial charge in [0.2, 0.25) is 10.0 Å². The van der Waals surface area contributed by atoms with E-state index in [4.69, 9.17) is 40.5 Å². The standard InChI is InChI=1S/C22H19Cl3F7N3O2S/c1-3-38(36,37)35(2)11-13-6-12(4-5-16(13)23)14(9-33)10-34-19-17(24)7-15(8-18(19)25)20(26,21(27,28)29)22(30,31)32/h4-10H,3,11,33H2,1-2H3. The predicted octanol–water partition coefficient (Wildman–Crippen LogP) is 7.42. The number of benzene rings is 2. The molecular weight excluding hydrogens is 610 g/mol. The first-order chi connectivity index (χ1) is 17.3. The van der Waals surface area contributed by atoms with Gasteiger partial charge in [-0.2, -0.15) is 26.3 Å². The summed E-state index contributed by atoms with van der Waals surface area (Å²) in [5.41, 5.74) is -1.46. The summed E-state index contributed by atoms with van der Waals surface area (Å²) in [5.74, 6) is -0.142. The maximum Gasteiger partial charge on any atom is 0.435 e. The molecule has 210 valence electrons. The van der Waals surface area contributed by atoms with Crippen molar-refractivity contribution in [2.45, 2.75) is 31.5 Å². The summed E-state index contributed by atoms with van der Waals surface area (Å²) in [6, 6.07) is 4.74. The minimum Gasteiger partial charge on any atom is -0.404 e. The van der Waals surface area contributed by atoms with Crippen LogP contribution in [0.25, 0.3) is 5.57 Å². The first kappa shape index (κ1) is 32.2. The van der Waals surface area contributed by atoms with E-state index in [-0.39, 0.29) is 35.0 Å². The molecule has 0 radical (unpaired) electrons. The maximum atomic E-state index is 14.4. The number of rotatable bonds is 8. The minimum absolute atomic E-state index is 0.0830. The zero-order valence-electron chi connectivity index (χ0n) is 19.4. The Kier molecular flexibility index (Phi) is 9.80. The highest BCUT2D eigenvalue weighted by Crippen LogP contribution is 2.54. The van der Waals surface area contributed by atoms with E-state index < -0.39 is 49.3 Å². The molecule has 0 heterocycles. The Hall–Kier alpha value is -2.06. The molecule has 2 aromatic rings. The van der Waals surface area contributed by atoms with Crippen molar-refractivity contribution in [1.82, 2.24) is 4.31 Å². The van der Waals surface area contributed by atoms with Gasteiger partial charge in [0.1, 0.15) is 5.69 Å². The normalized spacial score (nSPS) is 14.1. The molecule has 0 saturated carbocycles. The third kappa shape index (κ3) is 6.56. The number of alkyl halides is 7. The van der Waals surface area contributed by atoms with Gasteiger partial charge in [-0.05, 0) is 42.3 Å². The van der Waals surface area contributed by atoms with Gasteiger partial charge in [-0.25, -0.2) is 17.1 Å². The van der Waals surface area contributed by atoms with E-state index in [2.05, 4.69) is 4.99 Å². The van der Waals surface area contributed by atoms with Crippen LogP contribution in [0.1, 0.15) is 23.6 Å². The number of allylic oxidation sites excluding steroid dienone is 1. The SMILES string of the molecule is CCS(=O)(=O)N(C)Cc1cc(C(C=Nc2c(Cl)cc(C(F)(C(F)(F)F)C(F)(F)F)cc2Cl)=CN)ccc1Cl. The Morgan fingerprint density at radius 2 is 1.50 bits per heavy atom. The smallest absolute Gasteiger partial charge is 0.404 e. The second kappa shape index (κ2) is 11.6. The molecule has 0 amide bonds. The average Bonchev–Trinajstić information content (AvgIpc) is 2.80. The molecule has 5 nitrogen and oxygen atoms in total. The van der Waals surface area contributed by atoms with Crippen LogP contribution in [0.3, 0.4) is 0 Å². The first-order valence-electron chi connectivity index (χ1n) is 10.3. The van der Waals surface area contributed by atoms with Crippen LogP contribution in [-0.4, -0.2) is 44.1 Å². The Morgan fingerprint density at radius 1 is 0.974 bits per heavy atom. The lowest BCUT2D eigenvalue weighted by molar-refractivity contribution is -0.348. The van der Waals surface area contributed by atoms with E-state index in [1.165, 1.54) is 32.2 Å². The van der Waals surface area contributed by atoms with Gasteiger partial charge >= 0.3 is 18.0 Å². The highest BCUT2D eigenvalue weighted by atomic mass is 35.5. The first-order valence-corrected chi connectivity index (χ1v) is 13.0. The fourth-order valence-corrected chi connectivity index (χ4v) is 4.70. The van der Waals surface area contributed by atoms with Gasteiger partial charge in [0.05, 0.1) is 15.8 Å². The summed E-state index contributed by atoms with van der Waals surface area (Å²) in [6.45, 7) is 1.39. The van der Waals surface area contributed by atoms with E-state index in [1.54, 1.807) is 0 Å². The van der Waals surface area contributed by atoms with E-state index in [0.29, 0.717) is 11.1 Å². The fraction of sp³-hybridized carbons (Fsp3) is 0.318. The van der Waals surface area contributed by atoms with Crippen LogP contribution in [0, 0.1) is 0 Å². The van der Waals surface area contributed by atoms with E-state index in [9.17, 15) is 39.2 Å².